The second-order valence-electron chi connectivity index (χ2n) is 7.96. The van der Waals surface area contributed by atoms with E-state index in [1.807, 2.05) is 45.9 Å². The first kappa shape index (κ1) is 21.5. The van der Waals surface area contributed by atoms with Crippen LogP contribution in [0, 0.1) is 27.7 Å². The van der Waals surface area contributed by atoms with Gasteiger partial charge in [-0.15, -0.1) is 11.3 Å². The van der Waals surface area contributed by atoms with Gasteiger partial charge in [0, 0.05) is 22.2 Å². The average molecular weight is 441 g/mol. The number of hydrogen-bond acceptors (Lipinski definition) is 7. The molecule has 31 heavy (non-hydrogen) atoms. The second-order valence-corrected chi connectivity index (χ2v) is 9.37. The summed E-state index contributed by atoms with van der Waals surface area (Å²) in [6.07, 6.45) is 3.55. The van der Waals surface area contributed by atoms with Gasteiger partial charge >= 0.3 is 0 Å². The summed E-state index contributed by atoms with van der Waals surface area (Å²) in [5.41, 5.74) is 3.67. The average Bonchev–Trinajstić information content (AvgIpc) is 3.27. The minimum atomic E-state index is -0.216. The van der Waals surface area contributed by atoms with Crippen molar-refractivity contribution >= 4 is 22.9 Å². The number of nitrogens with zero attached hydrogens (tertiary/aromatic N) is 2. The topological polar surface area (TPSA) is 89.3 Å². The molecule has 0 aliphatic carbocycles. The first-order valence-corrected chi connectivity index (χ1v) is 11.4. The highest BCUT2D eigenvalue weighted by Gasteiger charge is 2.20. The highest BCUT2D eigenvalue weighted by Crippen LogP contribution is 2.37. The second kappa shape index (κ2) is 9.20. The van der Waals surface area contributed by atoms with Crippen LogP contribution < -0.4 is 15.4 Å². The van der Waals surface area contributed by atoms with Gasteiger partial charge in [-0.05, 0) is 65.3 Å². The van der Waals surface area contributed by atoms with Gasteiger partial charge in [-0.1, -0.05) is 11.6 Å². The first-order chi connectivity index (χ1) is 14.9. The molecule has 1 aliphatic rings. The van der Waals surface area contributed by atoms with Crippen molar-refractivity contribution in [2.45, 2.75) is 53.0 Å². The number of rotatable bonds is 6. The predicted octanol–water partition coefficient (Wildman–Crippen LogP) is 4.80. The molecule has 0 spiro atoms. The molecular weight excluding hydrogens is 412 g/mol. The zero-order valence-corrected chi connectivity index (χ0v) is 19.2. The zero-order chi connectivity index (χ0) is 22.0. The van der Waals surface area contributed by atoms with Crippen molar-refractivity contribution in [1.29, 1.82) is 0 Å². The van der Waals surface area contributed by atoms with Crippen molar-refractivity contribution in [3.8, 4) is 16.9 Å². The van der Waals surface area contributed by atoms with Gasteiger partial charge in [-0.25, -0.2) is 4.98 Å². The lowest BCUT2D eigenvalue weighted by Crippen LogP contribution is -2.38. The normalized spacial score (nSPS) is 16.3. The van der Waals surface area contributed by atoms with E-state index in [4.69, 9.17) is 9.26 Å². The van der Waals surface area contributed by atoms with Crippen LogP contribution in [0.3, 0.4) is 0 Å². The van der Waals surface area contributed by atoms with E-state index >= 15 is 0 Å². The molecule has 0 bridgehead atoms. The van der Waals surface area contributed by atoms with E-state index in [1.54, 1.807) is 0 Å². The summed E-state index contributed by atoms with van der Waals surface area (Å²) in [7, 11) is 0. The fourth-order valence-corrected chi connectivity index (χ4v) is 4.80. The third kappa shape index (κ3) is 4.80. The molecule has 2 N–H and O–H groups in total. The fraction of sp³-hybridized carbons (Fsp3) is 0.435. The molecule has 3 heterocycles. The van der Waals surface area contributed by atoms with E-state index in [0.29, 0.717) is 29.8 Å². The highest BCUT2D eigenvalue weighted by molar-refractivity contribution is 7.11. The molecular formula is C23H28N4O3S. The minimum Gasteiger partial charge on any atom is -0.491 e. The molecule has 1 aliphatic heterocycles. The molecule has 164 valence electrons. The van der Waals surface area contributed by atoms with Crippen molar-refractivity contribution in [1.82, 2.24) is 15.5 Å². The van der Waals surface area contributed by atoms with E-state index in [-0.39, 0.29) is 5.91 Å². The van der Waals surface area contributed by atoms with Gasteiger partial charge in [0.1, 0.15) is 23.8 Å². The number of aryl methyl sites for hydroxylation is 4. The monoisotopic (exact) mass is 440 g/mol. The Labute approximate surface area is 186 Å². The van der Waals surface area contributed by atoms with E-state index in [2.05, 4.69) is 20.8 Å². The number of hydrogen-bond donors (Lipinski definition) is 2. The molecule has 1 saturated heterocycles. The Morgan fingerprint density at radius 2 is 2.13 bits per heavy atom. The summed E-state index contributed by atoms with van der Waals surface area (Å²) in [5, 5.41) is 11.5. The summed E-state index contributed by atoms with van der Waals surface area (Å²) in [6, 6.07) is 6.03. The number of aromatic nitrogens is 2. The van der Waals surface area contributed by atoms with Crippen LogP contribution in [0.5, 0.6) is 5.75 Å². The molecule has 4 rings (SSSR count). The van der Waals surface area contributed by atoms with Crippen molar-refractivity contribution in [2.24, 2.45) is 0 Å². The molecule has 0 radical (unpaired) electrons. The Morgan fingerprint density at radius 1 is 1.29 bits per heavy atom. The maximum atomic E-state index is 12.8. The smallest absolute Gasteiger partial charge is 0.275 e. The maximum Gasteiger partial charge on any atom is 0.275 e. The molecule has 0 saturated carbocycles. The minimum absolute atomic E-state index is 0.216. The number of thiazole rings is 1. The molecule has 8 heteroatoms. The van der Waals surface area contributed by atoms with E-state index in [9.17, 15) is 4.79 Å². The number of piperidine rings is 1. The SMILES string of the molecule is Cc1nc(C(=O)Nc2ccc(OCC3CCCCN3)c(-c3c(C)noc3C)c2)c(C)s1. The Hall–Kier alpha value is -2.71. The Balaban J connectivity index is 1.61. The third-order valence-electron chi connectivity index (χ3n) is 5.51. The molecule has 3 aromatic rings. The number of ether oxygens (including phenoxy) is 1. The molecule has 1 amide bonds. The lowest BCUT2D eigenvalue weighted by Gasteiger charge is -2.24. The predicted molar refractivity (Wildman–Crippen MR) is 122 cm³/mol. The van der Waals surface area contributed by atoms with Crippen LogP contribution in [0.25, 0.3) is 11.1 Å². The van der Waals surface area contributed by atoms with E-state index in [1.165, 1.54) is 24.2 Å². The standard InChI is InChI=1S/C23H28N4O3S/c1-13-21(14(2)30-27-13)19-11-17(26-23(28)22-15(3)31-16(4)25-22)8-9-20(19)29-12-18-7-5-6-10-24-18/h8-9,11,18,24H,5-7,10,12H2,1-4H3,(H,26,28). The highest BCUT2D eigenvalue weighted by atomic mass is 32.1. The molecule has 7 nitrogen and oxygen atoms in total. The van der Waals surface area contributed by atoms with Crippen molar-refractivity contribution < 1.29 is 14.1 Å². The van der Waals surface area contributed by atoms with Gasteiger partial charge in [-0.3, -0.25) is 4.79 Å². The Bertz CT molecular complexity index is 1060. The van der Waals surface area contributed by atoms with Crippen LogP contribution in [0.15, 0.2) is 22.7 Å². The quantitative estimate of drug-likeness (QED) is 0.572. The van der Waals surface area contributed by atoms with E-state index in [0.717, 1.165) is 45.4 Å². The molecule has 1 aromatic carbocycles. The molecule has 2 aromatic heterocycles. The number of carbonyl (C=O) groups is 1. The van der Waals surface area contributed by atoms with Crippen molar-refractivity contribution in [3.63, 3.8) is 0 Å². The van der Waals surface area contributed by atoms with Crippen molar-refractivity contribution in [2.75, 3.05) is 18.5 Å². The number of nitrogens with one attached hydrogen (secondary N) is 2. The third-order valence-corrected chi connectivity index (χ3v) is 6.40. The summed E-state index contributed by atoms with van der Waals surface area (Å²) >= 11 is 1.52. The maximum absolute atomic E-state index is 12.8. The van der Waals surface area contributed by atoms with Crippen molar-refractivity contribution in [3.05, 3.63) is 45.2 Å². The molecule has 1 fully saturated rings. The van der Waals surface area contributed by atoms with Crippen LogP contribution >= 0.6 is 11.3 Å². The van der Waals surface area contributed by atoms with Crippen LogP contribution in [0.2, 0.25) is 0 Å². The largest absolute Gasteiger partial charge is 0.491 e. The van der Waals surface area contributed by atoms with Gasteiger partial charge in [0.2, 0.25) is 0 Å². The lowest BCUT2D eigenvalue weighted by molar-refractivity contribution is 0.102. The summed E-state index contributed by atoms with van der Waals surface area (Å²) in [4.78, 5) is 18.0. The summed E-state index contributed by atoms with van der Waals surface area (Å²) in [6.45, 7) is 9.23. The number of benzene rings is 1. The van der Waals surface area contributed by atoms with Crippen LogP contribution in [-0.4, -0.2) is 35.2 Å². The van der Waals surface area contributed by atoms with Gasteiger partial charge in [0.05, 0.1) is 16.3 Å². The number of carbonyl (C=O) groups excluding carboxylic acids is 1. The molecule has 1 atom stereocenters. The molecule has 1 unspecified atom stereocenters. The Morgan fingerprint density at radius 3 is 2.77 bits per heavy atom. The zero-order valence-electron chi connectivity index (χ0n) is 18.4. The van der Waals surface area contributed by atoms with E-state index < -0.39 is 0 Å². The summed E-state index contributed by atoms with van der Waals surface area (Å²) < 4.78 is 11.6. The van der Waals surface area contributed by atoms with Gasteiger partial charge in [-0.2, -0.15) is 0 Å². The van der Waals surface area contributed by atoms with Crippen LogP contribution in [0.4, 0.5) is 5.69 Å². The van der Waals surface area contributed by atoms with Crippen LogP contribution in [-0.2, 0) is 0 Å². The van der Waals surface area contributed by atoms with Gasteiger partial charge < -0.3 is 19.9 Å². The van der Waals surface area contributed by atoms with Gasteiger partial charge in [0.25, 0.3) is 5.91 Å². The lowest BCUT2D eigenvalue weighted by atomic mass is 10.0. The number of amides is 1. The van der Waals surface area contributed by atoms with Crippen LogP contribution in [0.1, 0.15) is 51.1 Å². The summed E-state index contributed by atoms with van der Waals surface area (Å²) in [5.74, 6) is 1.25. The fourth-order valence-electron chi connectivity index (χ4n) is 3.98. The first-order valence-electron chi connectivity index (χ1n) is 10.6. The number of anilines is 1. The Kier molecular flexibility index (Phi) is 6.38. The van der Waals surface area contributed by atoms with Gasteiger partial charge in [0.15, 0.2) is 0 Å².